The lowest BCUT2D eigenvalue weighted by Crippen LogP contribution is -2.45. The maximum Gasteiger partial charge on any atom is 0.243 e. The number of amides is 1. The van der Waals surface area contributed by atoms with E-state index >= 15 is 0 Å². The third kappa shape index (κ3) is 4.97. The molecule has 1 saturated heterocycles. The lowest BCUT2D eigenvalue weighted by Gasteiger charge is -2.32. The molecule has 1 N–H and O–H groups in total. The van der Waals surface area contributed by atoms with Crippen molar-refractivity contribution in [1.82, 2.24) is 9.62 Å². The van der Waals surface area contributed by atoms with Crippen LogP contribution in [0, 0.1) is 12.8 Å². The highest BCUT2D eigenvalue weighted by Crippen LogP contribution is 2.25. The van der Waals surface area contributed by atoms with Crippen molar-refractivity contribution in [3.05, 3.63) is 59.7 Å². The highest BCUT2D eigenvalue weighted by molar-refractivity contribution is 7.89. The summed E-state index contributed by atoms with van der Waals surface area (Å²) in [7, 11) is -1.98. The van der Waals surface area contributed by atoms with Crippen LogP contribution in [0.25, 0.3) is 0 Å². The SMILES string of the molecule is COc1ccc(C(C)NC(=O)C2CCCN(S(=O)(=O)c3ccc(C)cc3)C2)cc1. The second-order valence-corrected chi connectivity index (χ2v) is 9.46. The quantitative estimate of drug-likeness (QED) is 0.784. The van der Waals surface area contributed by atoms with Crippen LogP contribution in [-0.2, 0) is 14.8 Å². The Labute approximate surface area is 172 Å². The lowest BCUT2D eigenvalue weighted by atomic mass is 9.98. The summed E-state index contributed by atoms with van der Waals surface area (Å²) in [5.41, 5.74) is 1.98. The van der Waals surface area contributed by atoms with E-state index in [1.54, 1.807) is 31.4 Å². The summed E-state index contributed by atoms with van der Waals surface area (Å²) in [5, 5.41) is 3.02. The minimum atomic E-state index is -3.59. The van der Waals surface area contributed by atoms with Gasteiger partial charge in [0.05, 0.1) is 24.0 Å². The minimum absolute atomic E-state index is 0.114. The first-order valence-corrected chi connectivity index (χ1v) is 11.3. The van der Waals surface area contributed by atoms with Gasteiger partial charge in [-0.15, -0.1) is 0 Å². The van der Waals surface area contributed by atoms with Crippen LogP contribution >= 0.6 is 0 Å². The van der Waals surface area contributed by atoms with Gasteiger partial charge in [0.15, 0.2) is 0 Å². The van der Waals surface area contributed by atoms with E-state index < -0.39 is 10.0 Å². The number of hydrogen-bond donors (Lipinski definition) is 1. The van der Waals surface area contributed by atoms with Gasteiger partial charge in [0.25, 0.3) is 0 Å². The van der Waals surface area contributed by atoms with Crippen LogP contribution in [0.5, 0.6) is 5.75 Å². The van der Waals surface area contributed by atoms with E-state index in [0.717, 1.165) is 16.9 Å². The molecule has 0 saturated carbocycles. The van der Waals surface area contributed by atoms with Gasteiger partial charge in [0, 0.05) is 13.1 Å². The fraction of sp³-hybridized carbons (Fsp3) is 0.409. The molecular weight excluding hydrogens is 388 g/mol. The number of hydrogen-bond acceptors (Lipinski definition) is 4. The molecule has 29 heavy (non-hydrogen) atoms. The molecule has 6 nitrogen and oxygen atoms in total. The van der Waals surface area contributed by atoms with Gasteiger partial charge >= 0.3 is 0 Å². The number of carbonyl (C=O) groups excluding carboxylic acids is 1. The molecule has 0 radical (unpaired) electrons. The van der Waals surface area contributed by atoms with Gasteiger partial charge < -0.3 is 10.1 Å². The van der Waals surface area contributed by atoms with E-state index in [2.05, 4.69) is 5.32 Å². The fourth-order valence-electron chi connectivity index (χ4n) is 3.54. The van der Waals surface area contributed by atoms with Crippen molar-refractivity contribution in [1.29, 1.82) is 0 Å². The van der Waals surface area contributed by atoms with Gasteiger partial charge in [-0.3, -0.25) is 4.79 Å². The molecule has 0 aromatic heterocycles. The molecule has 0 bridgehead atoms. The summed E-state index contributed by atoms with van der Waals surface area (Å²) < 4.78 is 32.5. The van der Waals surface area contributed by atoms with E-state index in [-0.39, 0.29) is 29.3 Å². The summed E-state index contributed by atoms with van der Waals surface area (Å²) in [5.74, 6) is 0.290. The Balaban J connectivity index is 1.66. The molecule has 0 spiro atoms. The van der Waals surface area contributed by atoms with Crippen molar-refractivity contribution < 1.29 is 17.9 Å². The monoisotopic (exact) mass is 416 g/mol. The molecule has 2 unspecified atom stereocenters. The molecule has 7 heteroatoms. The van der Waals surface area contributed by atoms with Gasteiger partial charge in [0.2, 0.25) is 15.9 Å². The summed E-state index contributed by atoms with van der Waals surface area (Å²) in [6.45, 7) is 4.48. The molecule has 1 aliphatic heterocycles. The molecule has 0 aliphatic carbocycles. The summed E-state index contributed by atoms with van der Waals surface area (Å²) in [4.78, 5) is 13.1. The van der Waals surface area contributed by atoms with E-state index in [1.165, 1.54) is 4.31 Å². The maximum absolute atomic E-state index is 13.0. The molecule has 1 heterocycles. The van der Waals surface area contributed by atoms with Gasteiger partial charge in [-0.25, -0.2) is 8.42 Å². The standard InChI is InChI=1S/C22H28N2O4S/c1-16-6-12-21(13-7-16)29(26,27)24-14-4-5-19(15-24)22(25)23-17(2)18-8-10-20(28-3)11-9-18/h6-13,17,19H,4-5,14-15H2,1-3H3,(H,23,25). The van der Waals surface area contributed by atoms with Crippen LogP contribution in [0.15, 0.2) is 53.4 Å². The number of aryl methyl sites for hydroxylation is 1. The lowest BCUT2D eigenvalue weighted by molar-refractivity contribution is -0.126. The van der Waals surface area contributed by atoms with Crippen molar-refractivity contribution in [2.24, 2.45) is 5.92 Å². The molecule has 2 aromatic carbocycles. The molecule has 3 rings (SSSR count). The smallest absolute Gasteiger partial charge is 0.243 e. The molecule has 1 amide bonds. The molecule has 1 fully saturated rings. The predicted molar refractivity (Wildman–Crippen MR) is 112 cm³/mol. The average molecular weight is 417 g/mol. The normalized spacial score (nSPS) is 18.8. The Bertz CT molecular complexity index is 940. The number of carbonyl (C=O) groups is 1. The third-order valence-corrected chi connectivity index (χ3v) is 7.27. The number of benzene rings is 2. The van der Waals surface area contributed by atoms with Crippen molar-refractivity contribution in [3.63, 3.8) is 0 Å². The van der Waals surface area contributed by atoms with Gasteiger partial charge in [-0.05, 0) is 56.5 Å². The Kier molecular flexibility index (Phi) is 6.59. The maximum atomic E-state index is 13.0. The number of sulfonamides is 1. The van der Waals surface area contributed by atoms with Crippen LogP contribution in [0.4, 0.5) is 0 Å². The zero-order valence-corrected chi connectivity index (χ0v) is 17.9. The Morgan fingerprint density at radius 1 is 1.14 bits per heavy atom. The largest absolute Gasteiger partial charge is 0.497 e. The van der Waals surface area contributed by atoms with Crippen LogP contribution in [0.2, 0.25) is 0 Å². The predicted octanol–water partition coefficient (Wildman–Crippen LogP) is 3.28. The van der Waals surface area contributed by atoms with Crippen LogP contribution in [-0.4, -0.2) is 38.8 Å². The third-order valence-electron chi connectivity index (χ3n) is 5.39. The first-order valence-electron chi connectivity index (χ1n) is 9.82. The average Bonchev–Trinajstić information content (AvgIpc) is 2.74. The van der Waals surface area contributed by atoms with E-state index in [4.69, 9.17) is 4.74 Å². The topological polar surface area (TPSA) is 75.7 Å². The van der Waals surface area contributed by atoms with Crippen LogP contribution < -0.4 is 10.1 Å². The first kappa shape index (κ1) is 21.3. The second-order valence-electron chi connectivity index (χ2n) is 7.52. The van der Waals surface area contributed by atoms with Crippen LogP contribution in [0.3, 0.4) is 0 Å². The molecule has 1 aliphatic rings. The highest BCUT2D eigenvalue weighted by Gasteiger charge is 2.33. The first-order chi connectivity index (χ1) is 13.8. The molecule has 2 atom stereocenters. The Hall–Kier alpha value is -2.38. The number of piperidine rings is 1. The minimum Gasteiger partial charge on any atom is -0.497 e. The second kappa shape index (κ2) is 8.97. The molecular formula is C22H28N2O4S. The highest BCUT2D eigenvalue weighted by atomic mass is 32.2. The van der Waals surface area contributed by atoms with E-state index in [0.29, 0.717) is 19.4 Å². The summed E-state index contributed by atoms with van der Waals surface area (Å²) >= 11 is 0. The van der Waals surface area contributed by atoms with Crippen molar-refractivity contribution in [2.75, 3.05) is 20.2 Å². The number of rotatable bonds is 6. The summed E-state index contributed by atoms with van der Waals surface area (Å²) in [6.07, 6.45) is 1.35. The van der Waals surface area contributed by atoms with Gasteiger partial charge in [0.1, 0.15) is 5.75 Å². The van der Waals surface area contributed by atoms with Gasteiger partial charge in [-0.1, -0.05) is 29.8 Å². The van der Waals surface area contributed by atoms with Gasteiger partial charge in [-0.2, -0.15) is 4.31 Å². The van der Waals surface area contributed by atoms with E-state index in [1.807, 2.05) is 38.1 Å². The number of nitrogens with one attached hydrogen (secondary N) is 1. The Morgan fingerprint density at radius 3 is 2.41 bits per heavy atom. The van der Waals surface area contributed by atoms with Crippen molar-refractivity contribution in [2.45, 2.75) is 37.6 Å². The zero-order chi connectivity index (χ0) is 21.0. The van der Waals surface area contributed by atoms with Crippen molar-refractivity contribution in [3.8, 4) is 5.75 Å². The fourth-order valence-corrected chi connectivity index (χ4v) is 5.07. The molecule has 2 aromatic rings. The van der Waals surface area contributed by atoms with Crippen LogP contribution in [0.1, 0.15) is 36.9 Å². The number of ether oxygens (including phenoxy) is 1. The summed E-state index contributed by atoms with van der Waals surface area (Å²) in [6, 6.07) is 14.2. The Morgan fingerprint density at radius 2 is 1.79 bits per heavy atom. The number of methoxy groups -OCH3 is 1. The van der Waals surface area contributed by atoms with Crippen molar-refractivity contribution >= 4 is 15.9 Å². The zero-order valence-electron chi connectivity index (χ0n) is 17.1. The molecule has 156 valence electrons. The van der Waals surface area contributed by atoms with E-state index in [9.17, 15) is 13.2 Å². The number of nitrogens with zero attached hydrogens (tertiary/aromatic N) is 1.